The van der Waals surface area contributed by atoms with Crippen molar-refractivity contribution in [2.24, 2.45) is 11.8 Å². The van der Waals surface area contributed by atoms with E-state index in [9.17, 15) is 19.5 Å². The Morgan fingerprint density at radius 1 is 0.789 bits per heavy atom. The number of thioether (sulfide) groups is 1. The molecule has 3 aromatic rings. The first kappa shape index (κ1) is 27.2. The van der Waals surface area contributed by atoms with Crippen LogP contribution in [0.4, 0.5) is 11.4 Å². The highest BCUT2D eigenvalue weighted by atomic mass is 32.2. The summed E-state index contributed by atoms with van der Waals surface area (Å²) in [6, 6.07) is 24.7. The first-order chi connectivity index (χ1) is 18.3. The predicted octanol–water partition coefficient (Wildman–Crippen LogP) is 6.89. The highest BCUT2D eigenvalue weighted by molar-refractivity contribution is 8.00. The van der Waals surface area contributed by atoms with Crippen LogP contribution < -0.4 is 10.6 Å². The van der Waals surface area contributed by atoms with E-state index in [2.05, 4.69) is 24.5 Å². The summed E-state index contributed by atoms with van der Waals surface area (Å²) in [5, 5.41) is 14.9. The van der Waals surface area contributed by atoms with E-state index in [4.69, 9.17) is 0 Å². The molecule has 3 N–H and O–H groups in total. The lowest BCUT2D eigenvalue weighted by Crippen LogP contribution is -2.34. The largest absolute Gasteiger partial charge is 0.481 e. The van der Waals surface area contributed by atoms with Gasteiger partial charge in [0.2, 0.25) is 11.8 Å². The van der Waals surface area contributed by atoms with Gasteiger partial charge in [-0.2, -0.15) is 0 Å². The van der Waals surface area contributed by atoms with Gasteiger partial charge < -0.3 is 15.7 Å². The molecule has 1 aliphatic rings. The molecule has 196 valence electrons. The molecule has 7 heteroatoms. The highest BCUT2D eigenvalue weighted by Crippen LogP contribution is 2.37. The number of benzene rings is 3. The minimum atomic E-state index is -0.964. The number of anilines is 2. The van der Waals surface area contributed by atoms with Crippen molar-refractivity contribution in [3.8, 4) is 0 Å². The van der Waals surface area contributed by atoms with Crippen LogP contribution in [0.3, 0.4) is 0 Å². The molecule has 3 unspecified atom stereocenters. The van der Waals surface area contributed by atoms with Gasteiger partial charge in [-0.25, -0.2) is 0 Å². The summed E-state index contributed by atoms with van der Waals surface area (Å²) < 4.78 is 0. The van der Waals surface area contributed by atoms with Crippen molar-refractivity contribution in [3.63, 3.8) is 0 Å². The lowest BCUT2D eigenvalue weighted by molar-refractivity contribution is -0.146. The molecule has 4 rings (SSSR count). The van der Waals surface area contributed by atoms with Crippen LogP contribution in [0, 0.1) is 11.8 Å². The Kier molecular flexibility index (Phi) is 9.02. The quantitative estimate of drug-likeness (QED) is 0.208. The number of carboxylic acids is 1. The second-order valence-corrected chi connectivity index (χ2v) is 10.9. The van der Waals surface area contributed by atoms with Crippen LogP contribution in [-0.4, -0.2) is 22.9 Å². The molecule has 3 atom stereocenters. The monoisotopic (exact) mass is 528 g/mol. The lowest BCUT2D eigenvalue weighted by Gasteiger charge is -2.24. The number of carbonyl (C=O) groups is 3. The van der Waals surface area contributed by atoms with Crippen molar-refractivity contribution in [3.05, 3.63) is 102 Å². The molecule has 0 fully saturated rings. The molecular formula is C31H32N2O4S. The molecule has 6 nitrogen and oxygen atoms in total. The SMILES string of the molecule is CC(C)c1ccc(NC(=O)C(Sc2cccc(NC(=O)C3CC=CCC3C(=O)O)c2)c2ccccc2)cc1. The van der Waals surface area contributed by atoms with Gasteiger partial charge in [0.05, 0.1) is 11.8 Å². The van der Waals surface area contributed by atoms with Gasteiger partial charge in [0.1, 0.15) is 5.25 Å². The highest BCUT2D eigenvalue weighted by Gasteiger charge is 2.34. The van der Waals surface area contributed by atoms with Crippen LogP contribution in [0.25, 0.3) is 0 Å². The normalized spacial score (nSPS) is 17.6. The van der Waals surface area contributed by atoms with E-state index in [1.54, 1.807) is 6.07 Å². The summed E-state index contributed by atoms with van der Waals surface area (Å²) >= 11 is 1.39. The standard InChI is InChI=1S/C31H32N2O4S/c1-20(2)21-15-17-23(18-16-21)32-30(35)28(22-9-4-3-5-10-22)38-25-12-8-11-24(19-25)33-29(34)26-13-6-7-14-27(26)31(36)37/h3-12,15-20,26-28H,13-14H2,1-2H3,(H,32,35)(H,33,34)(H,36,37). The Hall–Kier alpha value is -3.84. The van der Waals surface area contributed by atoms with Gasteiger partial charge in [0.25, 0.3) is 0 Å². The third-order valence-corrected chi connectivity index (χ3v) is 7.88. The maximum Gasteiger partial charge on any atom is 0.307 e. The number of carboxylic acid groups (broad SMARTS) is 1. The zero-order chi connectivity index (χ0) is 27.1. The van der Waals surface area contributed by atoms with Gasteiger partial charge >= 0.3 is 5.97 Å². The zero-order valence-electron chi connectivity index (χ0n) is 21.5. The minimum absolute atomic E-state index is 0.147. The van der Waals surface area contributed by atoms with Crippen molar-refractivity contribution in [2.45, 2.75) is 42.8 Å². The van der Waals surface area contributed by atoms with Crippen LogP contribution in [0.5, 0.6) is 0 Å². The van der Waals surface area contributed by atoms with Crippen molar-refractivity contribution >= 4 is 40.9 Å². The summed E-state index contributed by atoms with van der Waals surface area (Å²) in [4.78, 5) is 38.8. The third-order valence-electron chi connectivity index (χ3n) is 6.63. The Bertz CT molecular complexity index is 1300. The topological polar surface area (TPSA) is 95.5 Å². The first-order valence-electron chi connectivity index (χ1n) is 12.7. The minimum Gasteiger partial charge on any atom is -0.481 e. The molecule has 38 heavy (non-hydrogen) atoms. The van der Waals surface area contributed by atoms with E-state index in [1.807, 2.05) is 84.9 Å². The number of amides is 2. The molecular weight excluding hydrogens is 496 g/mol. The van der Waals surface area contributed by atoms with Gasteiger partial charge in [-0.1, -0.05) is 74.5 Å². The fraction of sp³-hybridized carbons (Fsp3) is 0.258. The number of aliphatic carboxylic acids is 1. The Morgan fingerprint density at radius 2 is 1.47 bits per heavy atom. The summed E-state index contributed by atoms with van der Waals surface area (Å²) in [5.41, 5.74) is 3.36. The second-order valence-electron chi connectivity index (χ2n) is 9.69. The fourth-order valence-corrected chi connectivity index (χ4v) is 5.54. The number of hydrogen-bond donors (Lipinski definition) is 3. The maximum absolute atomic E-state index is 13.4. The summed E-state index contributed by atoms with van der Waals surface area (Å²) in [6.07, 6.45) is 4.41. The molecule has 0 bridgehead atoms. The van der Waals surface area contributed by atoms with Gasteiger partial charge in [0.15, 0.2) is 0 Å². The average molecular weight is 529 g/mol. The van der Waals surface area contributed by atoms with E-state index in [1.165, 1.54) is 17.3 Å². The van der Waals surface area contributed by atoms with Gasteiger partial charge in [-0.15, -0.1) is 11.8 Å². The molecule has 0 heterocycles. The molecule has 3 aromatic carbocycles. The number of nitrogens with one attached hydrogen (secondary N) is 2. The molecule has 0 radical (unpaired) electrons. The number of carbonyl (C=O) groups excluding carboxylic acids is 2. The van der Waals surface area contributed by atoms with Crippen LogP contribution in [0.15, 0.2) is 95.9 Å². The summed E-state index contributed by atoms with van der Waals surface area (Å²) in [6.45, 7) is 4.26. The third kappa shape index (κ3) is 6.92. The zero-order valence-corrected chi connectivity index (χ0v) is 22.3. The lowest BCUT2D eigenvalue weighted by atomic mass is 9.82. The van der Waals surface area contributed by atoms with E-state index >= 15 is 0 Å². The fourth-order valence-electron chi connectivity index (χ4n) is 4.46. The van der Waals surface area contributed by atoms with E-state index < -0.39 is 23.1 Å². The number of allylic oxidation sites excluding steroid dienone is 2. The number of hydrogen-bond acceptors (Lipinski definition) is 4. The van der Waals surface area contributed by atoms with Crippen molar-refractivity contribution in [1.29, 1.82) is 0 Å². The van der Waals surface area contributed by atoms with Gasteiger partial charge in [-0.05, 0) is 60.2 Å². The summed E-state index contributed by atoms with van der Waals surface area (Å²) in [5.74, 6) is -2.38. The van der Waals surface area contributed by atoms with Crippen LogP contribution in [0.1, 0.15) is 49.0 Å². The van der Waals surface area contributed by atoms with E-state index in [-0.39, 0.29) is 11.8 Å². The van der Waals surface area contributed by atoms with Crippen molar-refractivity contribution in [2.75, 3.05) is 10.6 Å². The maximum atomic E-state index is 13.4. The van der Waals surface area contributed by atoms with Gasteiger partial charge in [-0.3, -0.25) is 14.4 Å². The predicted molar refractivity (Wildman–Crippen MR) is 152 cm³/mol. The van der Waals surface area contributed by atoms with Crippen LogP contribution in [-0.2, 0) is 14.4 Å². The smallest absolute Gasteiger partial charge is 0.307 e. The average Bonchev–Trinajstić information content (AvgIpc) is 2.92. The molecule has 0 spiro atoms. The molecule has 0 saturated carbocycles. The van der Waals surface area contributed by atoms with Crippen molar-refractivity contribution in [1.82, 2.24) is 0 Å². The van der Waals surface area contributed by atoms with Crippen LogP contribution >= 0.6 is 11.8 Å². The van der Waals surface area contributed by atoms with Crippen molar-refractivity contribution < 1.29 is 19.5 Å². The molecule has 0 saturated heterocycles. The second kappa shape index (κ2) is 12.6. The molecule has 0 aromatic heterocycles. The van der Waals surface area contributed by atoms with E-state index in [0.29, 0.717) is 24.4 Å². The van der Waals surface area contributed by atoms with E-state index in [0.717, 1.165) is 16.1 Å². The molecule has 0 aliphatic heterocycles. The molecule has 1 aliphatic carbocycles. The first-order valence-corrected chi connectivity index (χ1v) is 13.6. The Labute approximate surface area is 227 Å². The number of rotatable bonds is 9. The Balaban J connectivity index is 1.50. The molecule has 2 amide bonds. The summed E-state index contributed by atoms with van der Waals surface area (Å²) in [7, 11) is 0. The van der Waals surface area contributed by atoms with Gasteiger partial charge in [0, 0.05) is 16.3 Å². The Morgan fingerprint density at radius 3 is 2.13 bits per heavy atom. The van der Waals surface area contributed by atoms with Crippen LogP contribution in [0.2, 0.25) is 0 Å².